The third kappa shape index (κ3) is 5.08. The van der Waals surface area contributed by atoms with Gasteiger partial charge in [0.05, 0.1) is 0 Å². The zero-order valence-electron chi connectivity index (χ0n) is 13.7. The molecule has 0 radical (unpaired) electrons. The van der Waals surface area contributed by atoms with Gasteiger partial charge in [0, 0.05) is 25.2 Å². The molecule has 1 aromatic carbocycles. The van der Waals surface area contributed by atoms with Gasteiger partial charge in [-0.15, -0.1) is 12.4 Å². The van der Waals surface area contributed by atoms with E-state index in [0.717, 1.165) is 12.0 Å². The van der Waals surface area contributed by atoms with Crippen LogP contribution in [0.3, 0.4) is 0 Å². The number of hydrogen-bond donors (Lipinski definition) is 1. The van der Waals surface area contributed by atoms with Gasteiger partial charge >= 0.3 is 0 Å². The van der Waals surface area contributed by atoms with Crippen LogP contribution >= 0.6 is 12.4 Å². The molecule has 0 aliphatic carbocycles. The van der Waals surface area contributed by atoms with Crippen molar-refractivity contribution in [3.8, 4) is 11.5 Å². The average Bonchev–Trinajstić information content (AvgIpc) is 3.02. The molecule has 1 aromatic heterocycles. The molecule has 0 aliphatic rings. The Labute approximate surface area is 143 Å². The molecular formula is C17H24ClN3O2. The molecule has 126 valence electrons. The van der Waals surface area contributed by atoms with Gasteiger partial charge in [-0.05, 0) is 24.5 Å². The lowest BCUT2D eigenvalue weighted by Crippen LogP contribution is -2.34. The van der Waals surface area contributed by atoms with Gasteiger partial charge in [-0.2, -0.15) is 0 Å². The maximum Gasteiger partial charge on any atom is 0.275 e. The van der Waals surface area contributed by atoms with E-state index in [1.54, 1.807) is 11.9 Å². The lowest BCUT2D eigenvalue weighted by molar-refractivity contribution is 0.0783. The molecule has 1 unspecified atom stereocenters. The number of carbonyl (C=O) groups is 1. The summed E-state index contributed by atoms with van der Waals surface area (Å²) in [6.45, 7) is 4.76. The molecule has 2 N–H and O–H groups in total. The van der Waals surface area contributed by atoms with E-state index in [4.69, 9.17) is 10.2 Å². The molecule has 0 bridgehead atoms. The standard InChI is InChI=1S/C17H23N3O2.ClH/c1-12(2)14(18)9-10-20(3)17(21)15-11-22-16(19-15)13-7-5-4-6-8-13;/h4-8,11-12,14H,9-10,18H2,1-3H3;1H. The summed E-state index contributed by atoms with van der Waals surface area (Å²) >= 11 is 0. The van der Waals surface area contributed by atoms with Crippen LogP contribution in [0.1, 0.15) is 30.8 Å². The highest BCUT2D eigenvalue weighted by Crippen LogP contribution is 2.18. The van der Waals surface area contributed by atoms with Crippen molar-refractivity contribution in [1.29, 1.82) is 0 Å². The second kappa shape index (κ2) is 8.70. The highest BCUT2D eigenvalue weighted by atomic mass is 35.5. The lowest BCUT2D eigenvalue weighted by Gasteiger charge is -2.20. The lowest BCUT2D eigenvalue weighted by atomic mass is 10.0. The predicted octanol–water partition coefficient (Wildman–Crippen LogP) is 3.21. The summed E-state index contributed by atoms with van der Waals surface area (Å²) in [6.07, 6.45) is 2.17. The van der Waals surface area contributed by atoms with E-state index in [1.807, 2.05) is 30.3 Å². The molecule has 1 heterocycles. The summed E-state index contributed by atoms with van der Waals surface area (Å²) in [6, 6.07) is 9.61. The van der Waals surface area contributed by atoms with Gasteiger partial charge in [0.25, 0.3) is 5.91 Å². The summed E-state index contributed by atoms with van der Waals surface area (Å²) in [5.74, 6) is 0.707. The van der Waals surface area contributed by atoms with Crippen LogP contribution < -0.4 is 5.73 Å². The van der Waals surface area contributed by atoms with Gasteiger partial charge in [0.15, 0.2) is 5.69 Å². The smallest absolute Gasteiger partial charge is 0.275 e. The molecule has 2 aromatic rings. The minimum absolute atomic E-state index is 0. The van der Waals surface area contributed by atoms with Crippen LogP contribution in [-0.4, -0.2) is 35.4 Å². The highest BCUT2D eigenvalue weighted by Gasteiger charge is 2.18. The number of nitrogens with two attached hydrogens (primary N) is 1. The quantitative estimate of drug-likeness (QED) is 0.878. The van der Waals surface area contributed by atoms with E-state index < -0.39 is 0 Å². The molecule has 1 amide bonds. The Bertz CT molecular complexity index is 613. The number of amides is 1. The molecule has 2 rings (SSSR count). The zero-order valence-corrected chi connectivity index (χ0v) is 14.5. The van der Waals surface area contributed by atoms with Crippen molar-refractivity contribution in [1.82, 2.24) is 9.88 Å². The fraction of sp³-hybridized carbons (Fsp3) is 0.412. The Morgan fingerprint density at radius 3 is 2.57 bits per heavy atom. The fourth-order valence-electron chi connectivity index (χ4n) is 2.06. The Balaban J connectivity index is 0.00000264. The maximum absolute atomic E-state index is 12.3. The average molecular weight is 338 g/mol. The van der Waals surface area contributed by atoms with E-state index in [2.05, 4.69) is 18.8 Å². The van der Waals surface area contributed by atoms with Crippen LogP contribution in [0.4, 0.5) is 0 Å². The predicted molar refractivity (Wildman–Crippen MR) is 93.6 cm³/mol. The minimum Gasteiger partial charge on any atom is -0.444 e. The molecular weight excluding hydrogens is 314 g/mol. The number of benzene rings is 1. The fourth-order valence-corrected chi connectivity index (χ4v) is 2.06. The second-order valence-corrected chi connectivity index (χ2v) is 5.83. The van der Waals surface area contributed by atoms with Gasteiger partial charge in [-0.3, -0.25) is 4.79 Å². The van der Waals surface area contributed by atoms with Gasteiger partial charge in [-0.1, -0.05) is 32.0 Å². The van der Waals surface area contributed by atoms with Crippen molar-refractivity contribution >= 4 is 18.3 Å². The van der Waals surface area contributed by atoms with Crippen molar-refractivity contribution in [2.75, 3.05) is 13.6 Å². The maximum atomic E-state index is 12.3. The van der Waals surface area contributed by atoms with Crippen LogP contribution in [0.2, 0.25) is 0 Å². The highest BCUT2D eigenvalue weighted by molar-refractivity contribution is 5.92. The topological polar surface area (TPSA) is 72.4 Å². The SMILES string of the molecule is CC(C)C(N)CCN(C)C(=O)c1coc(-c2ccccc2)n1.Cl. The number of aromatic nitrogens is 1. The van der Waals surface area contributed by atoms with Crippen molar-refractivity contribution in [3.63, 3.8) is 0 Å². The monoisotopic (exact) mass is 337 g/mol. The van der Waals surface area contributed by atoms with Crippen molar-refractivity contribution in [2.45, 2.75) is 26.3 Å². The van der Waals surface area contributed by atoms with Crippen molar-refractivity contribution in [3.05, 3.63) is 42.3 Å². The van der Waals surface area contributed by atoms with Crippen LogP contribution in [-0.2, 0) is 0 Å². The number of oxazole rings is 1. The van der Waals surface area contributed by atoms with Crippen molar-refractivity contribution < 1.29 is 9.21 Å². The summed E-state index contributed by atoms with van der Waals surface area (Å²) in [5, 5.41) is 0. The Morgan fingerprint density at radius 1 is 1.30 bits per heavy atom. The van der Waals surface area contributed by atoms with Gasteiger partial charge in [-0.25, -0.2) is 4.98 Å². The summed E-state index contributed by atoms with van der Waals surface area (Å²) in [4.78, 5) is 18.2. The molecule has 23 heavy (non-hydrogen) atoms. The zero-order chi connectivity index (χ0) is 16.1. The van der Waals surface area contributed by atoms with Gasteiger partial charge in [0.2, 0.25) is 5.89 Å². The second-order valence-electron chi connectivity index (χ2n) is 5.83. The number of carbonyl (C=O) groups excluding carboxylic acids is 1. The molecule has 6 heteroatoms. The molecule has 0 spiro atoms. The number of rotatable bonds is 6. The molecule has 0 saturated carbocycles. The largest absolute Gasteiger partial charge is 0.444 e. The van der Waals surface area contributed by atoms with E-state index in [1.165, 1.54) is 6.26 Å². The normalized spacial score (nSPS) is 11.9. The van der Waals surface area contributed by atoms with Gasteiger partial charge < -0.3 is 15.1 Å². The van der Waals surface area contributed by atoms with E-state index in [0.29, 0.717) is 24.0 Å². The third-order valence-corrected chi connectivity index (χ3v) is 3.74. The molecule has 0 saturated heterocycles. The Kier molecular flexibility index (Phi) is 7.26. The first-order chi connectivity index (χ1) is 10.5. The molecule has 1 atom stereocenters. The van der Waals surface area contributed by atoms with E-state index in [-0.39, 0.29) is 24.4 Å². The number of hydrogen-bond acceptors (Lipinski definition) is 4. The first kappa shape index (κ1) is 19.2. The van der Waals surface area contributed by atoms with Gasteiger partial charge in [0.1, 0.15) is 6.26 Å². The first-order valence-electron chi connectivity index (χ1n) is 7.51. The van der Waals surface area contributed by atoms with E-state index >= 15 is 0 Å². The molecule has 0 fully saturated rings. The van der Waals surface area contributed by atoms with Crippen LogP contribution in [0.25, 0.3) is 11.5 Å². The third-order valence-electron chi connectivity index (χ3n) is 3.74. The van der Waals surface area contributed by atoms with Crippen LogP contribution in [0.15, 0.2) is 41.0 Å². The van der Waals surface area contributed by atoms with Crippen LogP contribution in [0, 0.1) is 5.92 Å². The Morgan fingerprint density at radius 2 is 1.96 bits per heavy atom. The summed E-state index contributed by atoms with van der Waals surface area (Å²) < 4.78 is 5.40. The van der Waals surface area contributed by atoms with Crippen LogP contribution in [0.5, 0.6) is 0 Å². The molecule has 5 nitrogen and oxygen atoms in total. The first-order valence-corrected chi connectivity index (χ1v) is 7.51. The Hall–Kier alpha value is -1.85. The number of halogens is 1. The summed E-state index contributed by atoms with van der Waals surface area (Å²) in [7, 11) is 1.76. The summed E-state index contributed by atoms with van der Waals surface area (Å²) in [5.41, 5.74) is 7.18. The molecule has 0 aliphatic heterocycles. The number of nitrogens with zero attached hydrogens (tertiary/aromatic N) is 2. The van der Waals surface area contributed by atoms with E-state index in [9.17, 15) is 4.79 Å². The van der Waals surface area contributed by atoms with Crippen molar-refractivity contribution in [2.24, 2.45) is 11.7 Å². The minimum atomic E-state index is -0.151.